The summed E-state index contributed by atoms with van der Waals surface area (Å²) >= 11 is 0. The van der Waals surface area contributed by atoms with Crippen LogP contribution in [0.5, 0.6) is 11.5 Å². The van der Waals surface area contributed by atoms with Gasteiger partial charge in [-0.25, -0.2) is 0 Å². The summed E-state index contributed by atoms with van der Waals surface area (Å²) in [4.78, 5) is 14.0. The van der Waals surface area contributed by atoms with Crippen LogP contribution in [0.3, 0.4) is 0 Å². The molecule has 1 aromatic rings. The molecule has 1 fully saturated rings. The van der Waals surface area contributed by atoms with Crippen molar-refractivity contribution in [1.29, 1.82) is 0 Å². The number of rotatable bonds is 7. The van der Waals surface area contributed by atoms with Gasteiger partial charge in [-0.05, 0) is 38.8 Å². The fraction of sp³-hybridized carbons (Fsp3) is 0.562. The zero-order chi connectivity index (χ0) is 15.1. The van der Waals surface area contributed by atoms with Crippen molar-refractivity contribution >= 4 is 11.6 Å². The van der Waals surface area contributed by atoms with E-state index in [0.717, 1.165) is 43.1 Å². The number of nitrogens with one attached hydrogen (secondary N) is 1. The lowest BCUT2D eigenvalue weighted by molar-refractivity contribution is -0.128. The first-order chi connectivity index (χ1) is 10.2. The maximum atomic E-state index is 12.1. The second kappa shape index (κ2) is 7.76. The summed E-state index contributed by atoms with van der Waals surface area (Å²) in [5.41, 5.74) is 0.801. The number of hydrogen-bond donors (Lipinski definition) is 1. The smallest absolute Gasteiger partial charge is 0.241 e. The van der Waals surface area contributed by atoms with Crippen molar-refractivity contribution in [3.63, 3.8) is 0 Å². The van der Waals surface area contributed by atoms with Gasteiger partial charge in [0.05, 0.1) is 25.4 Å². The zero-order valence-electron chi connectivity index (χ0n) is 12.9. The van der Waals surface area contributed by atoms with Crippen LogP contribution in [0.2, 0.25) is 0 Å². The minimum absolute atomic E-state index is 0.136. The molecule has 2 rings (SSSR count). The molecule has 21 heavy (non-hydrogen) atoms. The Balaban J connectivity index is 2.01. The van der Waals surface area contributed by atoms with Crippen LogP contribution in [0.4, 0.5) is 5.69 Å². The molecule has 0 radical (unpaired) electrons. The molecule has 1 aliphatic rings. The van der Waals surface area contributed by atoms with E-state index < -0.39 is 0 Å². The number of ether oxygens (including phenoxy) is 2. The van der Waals surface area contributed by atoms with Crippen molar-refractivity contribution < 1.29 is 14.3 Å². The fourth-order valence-corrected chi connectivity index (χ4v) is 2.43. The van der Waals surface area contributed by atoms with E-state index in [2.05, 4.69) is 5.32 Å². The predicted octanol–water partition coefficient (Wildman–Crippen LogP) is 2.52. The van der Waals surface area contributed by atoms with Gasteiger partial charge in [-0.3, -0.25) is 4.79 Å². The van der Waals surface area contributed by atoms with E-state index in [4.69, 9.17) is 9.47 Å². The lowest BCUT2D eigenvalue weighted by Crippen LogP contribution is -2.33. The summed E-state index contributed by atoms with van der Waals surface area (Å²) in [7, 11) is 0. The highest BCUT2D eigenvalue weighted by Gasteiger charge is 2.18. The molecule has 0 saturated carbocycles. The van der Waals surface area contributed by atoms with E-state index in [-0.39, 0.29) is 12.5 Å². The Labute approximate surface area is 126 Å². The third kappa shape index (κ3) is 4.28. The third-order valence-corrected chi connectivity index (χ3v) is 3.45. The van der Waals surface area contributed by atoms with Gasteiger partial charge in [-0.15, -0.1) is 0 Å². The number of benzene rings is 1. The molecule has 1 N–H and O–H groups in total. The van der Waals surface area contributed by atoms with Crippen LogP contribution < -0.4 is 14.8 Å². The maximum absolute atomic E-state index is 12.1. The average molecular weight is 292 g/mol. The summed E-state index contributed by atoms with van der Waals surface area (Å²) in [5.74, 6) is 1.66. The van der Waals surface area contributed by atoms with Crippen molar-refractivity contribution in [2.45, 2.75) is 26.7 Å². The molecule has 1 heterocycles. The second-order valence-corrected chi connectivity index (χ2v) is 4.97. The van der Waals surface area contributed by atoms with Gasteiger partial charge in [0.25, 0.3) is 0 Å². The maximum Gasteiger partial charge on any atom is 0.241 e. The van der Waals surface area contributed by atoms with Crippen molar-refractivity contribution in [3.8, 4) is 11.5 Å². The number of carbonyl (C=O) groups is 1. The van der Waals surface area contributed by atoms with Gasteiger partial charge in [0.15, 0.2) is 0 Å². The van der Waals surface area contributed by atoms with Crippen molar-refractivity contribution in [2.75, 3.05) is 38.2 Å². The molecule has 1 saturated heterocycles. The molecule has 0 aliphatic carbocycles. The lowest BCUT2D eigenvalue weighted by atomic mass is 10.2. The van der Waals surface area contributed by atoms with Gasteiger partial charge >= 0.3 is 0 Å². The number of nitrogens with zero attached hydrogens (tertiary/aromatic N) is 1. The normalized spacial score (nSPS) is 14.1. The topological polar surface area (TPSA) is 50.8 Å². The van der Waals surface area contributed by atoms with Crippen molar-refractivity contribution in [1.82, 2.24) is 4.90 Å². The van der Waals surface area contributed by atoms with Gasteiger partial charge in [-0.2, -0.15) is 0 Å². The molecule has 0 bridgehead atoms. The molecule has 5 heteroatoms. The molecule has 0 aromatic heterocycles. The van der Waals surface area contributed by atoms with Gasteiger partial charge in [0, 0.05) is 19.2 Å². The highest BCUT2D eigenvalue weighted by molar-refractivity contribution is 5.81. The Morgan fingerprint density at radius 1 is 1.19 bits per heavy atom. The quantitative estimate of drug-likeness (QED) is 0.839. The molecule has 1 aliphatic heterocycles. The van der Waals surface area contributed by atoms with Gasteiger partial charge < -0.3 is 19.7 Å². The summed E-state index contributed by atoms with van der Waals surface area (Å²) < 4.78 is 11.1. The van der Waals surface area contributed by atoms with Crippen LogP contribution in [0.25, 0.3) is 0 Å². The van der Waals surface area contributed by atoms with Gasteiger partial charge in [0.2, 0.25) is 5.91 Å². The van der Waals surface area contributed by atoms with Crippen molar-refractivity contribution in [3.05, 3.63) is 18.2 Å². The molecular weight excluding hydrogens is 268 g/mol. The van der Waals surface area contributed by atoms with E-state index in [1.165, 1.54) is 0 Å². The number of carbonyl (C=O) groups excluding carboxylic acids is 1. The highest BCUT2D eigenvalue weighted by atomic mass is 16.5. The van der Waals surface area contributed by atoms with Crippen molar-refractivity contribution in [2.24, 2.45) is 0 Å². The van der Waals surface area contributed by atoms with E-state index in [0.29, 0.717) is 13.2 Å². The molecule has 0 spiro atoms. The van der Waals surface area contributed by atoms with E-state index >= 15 is 0 Å². The second-order valence-electron chi connectivity index (χ2n) is 4.97. The van der Waals surface area contributed by atoms with E-state index in [1.807, 2.05) is 36.9 Å². The standard InChI is InChI=1S/C16H24N2O3/c1-3-20-13-7-8-15(21-4-2)14(11-13)17-12-16(19)18-9-5-6-10-18/h7-8,11,17H,3-6,9-10,12H2,1-2H3. The third-order valence-electron chi connectivity index (χ3n) is 3.45. The first kappa shape index (κ1) is 15.5. The molecule has 1 aromatic carbocycles. The number of amides is 1. The lowest BCUT2D eigenvalue weighted by Gasteiger charge is -2.18. The predicted molar refractivity (Wildman–Crippen MR) is 83.1 cm³/mol. The summed E-state index contributed by atoms with van der Waals surface area (Å²) in [6, 6.07) is 5.63. The number of likely N-dealkylation sites (tertiary alicyclic amines) is 1. The summed E-state index contributed by atoms with van der Waals surface area (Å²) in [6.45, 7) is 7.12. The largest absolute Gasteiger partial charge is 0.494 e. The van der Waals surface area contributed by atoms with Crippen LogP contribution >= 0.6 is 0 Å². The van der Waals surface area contributed by atoms with Gasteiger partial charge in [-0.1, -0.05) is 0 Å². The number of anilines is 1. The SMILES string of the molecule is CCOc1ccc(OCC)c(NCC(=O)N2CCCC2)c1. The first-order valence-corrected chi connectivity index (χ1v) is 7.66. The van der Waals surface area contributed by atoms with Crippen LogP contribution in [0, 0.1) is 0 Å². The zero-order valence-corrected chi connectivity index (χ0v) is 12.9. The first-order valence-electron chi connectivity index (χ1n) is 7.66. The Morgan fingerprint density at radius 3 is 2.57 bits per heavy atom. The van der Waals surface area contributed by atoms with E-state index in [1.54, 1.807) is 0 Å². The average Bonchev–Trinajstić information content (AvgIpc) is 3.02. The Kier molecular flexibility index (Phi) is 5.72. The monoisotopic (exact) mass is 292 g/mol. The van der Waals surface area contributed by atoms with Crippen LogP contribution in [0.1, 0.15) is 26.7 Å². The molecule has 116 valence electrons. The van der Waals surface area contributed by atoms with Crippen LogP contribution in [-0.4, -0.2) is 43.7 Å². The summed E-state index contributed by atoms with van der Waals surface area (Å²) in [6.07, 6.45) is 2.21. The molecular formula is C16H24N2O3. The Bertz CT molecular complexity index is 471. The fourth-order valence-electron chi connectivity index (χ4n) is 2.43. The summed E-state index contributed by atoms with van der Waals surface area (Å²) in [5, 5.41) is 3.18. The number of hydrogen-bond acceptors (Lipinski definition) is 4. The molecule has 0 atom stereocenters. The Morgan fingerprint density at radius 2 is 1.90 bits per heavy atom. The minimum atomic E-state index is 0.136. The Hall–Kier alpha value is -1.91. The van der Waals surface area contributed by atoms with E-state index in [9.17, 15) is 4.79 Å². The van der Waals surface area contributed by atoms with Crippen LogP contribution in [-0.2, 0) is 4.79 Å². The van der Waals surface area contributed by atoms with Gasteiger partial charge in [0.1, 0.15) is 11.5 Å². The molecule has 1 amide bonds. The molecule has 0 unspecified atom stereocenters. The van der Waals surface area contributed by atoms with Crippen LogP contribution in [0.15, 0.2) is 18.2 Å². The molecule has 5 nitrogen and oxygen atoms in total. The highest BCUT2D eigenvalue weighted by Crippen LogP contribution is 2.29. The minimum Gasteiger partial charge on any atom is -0.494 e.